The molecule has 1 unspecified atom stereocenters. The molecule has 0 heterocycles. The second-order valence-corrected chi connectivity index (χ2v) is 20.6. The van der Waals surface area contributed by atoms with Gasteiger partial charge in [-0.25, -0.2) is 0 Å². The second-order valence-electron chi connectivity index (χ2n) is 20.6. The molecular weight excluding hydrogens is 925 g/mol. The fraction of sp³-hybridized carbons (Fsp3) is 0.696. The summed E-state index contributed by atoms with van der Waals surface area (Å²) in [5.41, 5.74) is 0. The first-order valence-electron chi connectivity index (χ1n) is 31.4. The lowest BCUT2D eigenvalue weighted by Gasteiger charge is -2.18. The van der Waals surface area contributed by atoms with Gasteiger partial charge in [0.1, 0.15) is 13.2 Å². The molecule has 0 saturated heterocycles. The van der Waals surface area contributed by atoms with Gasteiger partial charge in [-0.2, -0.15) is 0 Å². The van der Waals surface area contributed by atoms with E-state index in [1.807, 2.05) is 0 Å². The Kier molecular flexibility index (Phi) is 59.3. The Balaban J connectivity index is 4.45. The molecular formula is C69H116O6. The first kappa shape index (κ1) is 71.1. The van der Waals surface area contributed by atoms with Crippen molar-refractivity contribution in [1.29, 1.82) is 0 Å². The SMILES string of the molecule is CC/C=C\C/C=C\C/C=C\C/C=C\C/C=C\CCCCCCCC(=O)OCC(COC(=O)CCCCCCCCC/C=C\C/C=C\CCCCC)OC(=O)CCCCCCCCCCC/C=C\C/C=C\CCCCC. The van der Waals surface area contributed by atoms with Crippen molar-refractivity contribution >= 4 is 17.9 Å². The number of hydrogen-bond donors (Lipinski definition) is 0. The smallest absolute Gasteiger partial charge is 0.306 e. The second kappa shape index (κ2) is 62.6. The summed E-state index contributed by atoms with van der Waals surface area (Å²) in [6, 6.07) is 0. The Labute approximate surface area is 463 Å². The minimum Gasteiger partial charge on any atom is -0.462 e. The van der Waals surface area contributed by atoms with Crippen molar-refractivity contribution in [3.05, 3.63) is 109 Å². The molecule has 6 heteroatoms. The molecule has 0 rings (SSSR count). The quantitative estimate of drug-likeness (QED) is 0.0261. The molecule has 0 aliphatic heterocycles. The van der Waals surface area contributed by atoms with E-state index in [1.165, 1.54) is 122 Å². The molecule has 0 N–H and O–H groups in total. The highest BCUT2D eigenvalue weighted by molar-refractivity contribution is 5.71. The van der Waals surface area contributed by atoms with E-state index < -0.39 is 6.10 Å². The van der Waals surface area contributed by atoms with Gasteiger partial charge in [-0.15, -0.1) is 0 Å². The van der Waals surface area contributed by atoms with Gasteiger partial charge < -0.3 is 14.2 Å². The van der Waals surface area contributed by atoms with Gasteiger partial charge in [-0.1, -0.05) is 252 Å². The number of ether oxygens (including phenoxy) is 3. The molecule has 6 nitrogen and oxygen atoms in total. The van der Waals surface area contributed by atoms with Crippen LogP contribution in [0.3, 0.4) is 0 Å². The molecule has 0 fully saturated rings. The predicted octanol–water partition coefficient (Wildman–Crippen LogP) is 21.4. The van der Waals surface area contributed by atoms with Crippen molar-refractivity contribution < 1.29 is 28.6 Å². The number of unbranched alkanes of at least 4 members (excludes halogenated alkanes) is 27. The zero-order chi connectivity index (χ0) is 54.3. The van der Waals surface area contributed by atoms with E-state index in [-0.39, 0.29) is 31.1 Å². The zero-order valence-corrected chi connectivity index (χ0v) is 49.0. The van der Waals surface area contributed by atoms with Gasteiger partial charge in [0.25, 0.3) is 0 Å². The topological polar surface area (TPSA) is 78.9 Å². The Morgan fingerprint density at radius 1 is 0.280 bits per heavy atom. The highest BCUT2D eigenvalue weighted by Crippen LogP contribution is 2.15. The Hall–Kier alpha value is -3.93. The summed E-state index contributed by atoms with van der Waals surface area (Å²) in [5, 5.41) is 0. The largest absolute Gasteiger partial charge is 0.462 e. The third-order valence-corrected chi connectivity index (χ3v) is 13.2. The van der Waals surface area contributed by atoms with Crippen LogP contribution in [0, 0.1) is 0 Å². The van der Waals surface area contributed by atoms with Gasteiger partial charge in [-0.05, 0) is 128 Å². The minimum absolute atomic E-state index is 0.0910. The van der Waals surface area contributed by atoms with Crippen LogP contribution in [0.5, 0.6) is 0 Å². The normalized spacial score (nSPS) is 12.8. The van der Waals surface area contributed by atoms with Crippen molar-refractivity contribution in [2.75, 3.05) is 13.2 Å². The summed E-state index contributed by atoms with van der Waals surface area (Å²) in [5.74, 6) is -0.915. The lowest BCUT2D eigenvalue weighted by Crippen LogP contribution is -2.30. The monoisotopic (exact) mass is 1040 g/mol. The van der Waals surface area contributed by atoms with Crippen LogP contribution in [0.4, 0.5) is 0 Å². The van der Waals surface area contributed by atoms with E-state index in [1.54, 1.807) is 0 Å². The van der Waals surface area contributed by atoms with Crippen molar-refractivity contribution in [2.45, 2.75) is 297 Å². The highest BCUT2D eigenvalue weighted by Gasteiger charge is 2.19. The molecule has 1 atom stereocenters. The predicted molar refractivity (Wildman–Crippen MR) is 325 cm³/mol. The summed E-state index contributed by atoms with van der Waals surface area (Å²) >= 11 is 0. The van der Waals surface area contributed by atoms with Crippen molar-refractivity contribution in [2.24, 2.45) is 0 Å². The van der Waals surface area contributed by atoms with Crippen molar-refractivity contribution in [1.82, 2.24) is 0 Å². The van der Waals surface area contributed by atoms with Crippen LogP contribution in [-0.4, -0.2) is 37.2 Å². The number of allylic oxidation sites excluding steroid dienone is 18. The van der Waals surface area contributed by atoms with Crippen molar-refractivity contribution in [3.63, 3.8) is 0 Å². The Morgan fingerprint density at radius 3 is 0.813 bits per heavy atom. The number of hydrogen-bond acceptors (Lipinski definition) is 6. The fourth-order valence-corrected chi connectivity index (χ4v) is 8.53. The average Bonchev–Trinajstić information content (AvgIpc) is 3.41. The third kappa shape index (κ3) is 60.8. The van der Waals surface area contributed by atoms with Crippen LogP contribution in [0.15, 0.2) is 109 Å². The maximum atomic E-state index is 12.9. The van der Waals surface area contributed by atoms with Gasteiger partial charge in [-0.3, -0.25) is 14.4 Å². The van der Waals surface area contributed by atoms with E-state index in [0.717, 1.165) is 128 Å². The van der Waals surface area contributed by atoms with E-state index in [4.69, 9.17) is 14.2 Å². The maximum absolute atomic E-state index is 12.9. The molecule has 0 aromatic carbocycles. The first-order chi connectivity index (χ1) is 37.0. The van der Waals surface area contributed by atoms with Crippen molar-refractivity contribution in [3.8, 4) is 0 Å². The summed E-state index contributed by atoms with van der Waals surface area (Å²) < 4.78 is 16.9. The fourth-order valence-electron chi connectivity index (χ4n) is 8.53. The summed E-state index contributed by atoms with van der Waals surface area (Å²) in [7, 11) is 0. The molecule has 0 bridgehead atoms. The van der Waals surface area contributed by atoms with Gasteiger partial charge in [0, 0.05) is 19.3 Å². The first-order valence-corrected chi connectivity index (χ1v) is 31.4. The van der Waals surface area contributed by atoms with Gasteiger partial charge in [0.2, 0.25) is 0 Å². The molecule has 0 amide bonds. The van der Waals surface area contributed by atoms with Gasteiger partial charge >= 0.3 is 17.9 Å². The molecule has 0 aliphatic carbocycles. The number of rotatable bonds is 56. The number of esters is 3. The molecule has 0 aliphatic rings. The molecule has 0 spiro atoms. The standard InChI is InChI=1S/C69H116O6/c1-4-7-10-13-16-19-22-25-28-31-33-34-36-38-41-44-47-50-53-56-59-62-68(71)74-65-66(64-73-67(70)61-58-55-52-49-46-43-40-37-30-27-24-21-18-15-12-9-6-3)75-69(72)63-60-57-54-51-48-45-42-39-35-32-29-26-23-20-17-14-11-8-5-2/h7,10,16-21,25-30,33-34,38,41,66H,4-6,8-9,11-15,22-24,31-32,35-37,39-40,42-65H2,1-3H3/b10-7-,19-16-,20-17-,21-18-,28-25-,29-26-,30-27-,34-33-,41-38-. The van der Waals surface area contributed by atoms with Crippen LogP contribution in [-0.2, 0) is 28.6 Å². The number of carbonyl (C=O) groups is 3. The molecule has 0 aromatic heterocycles. The summed E-state index contributed by atoms with van der Waals surface area (Å²) in [4.78, 5) is 38.3. The molecule has 75 heavy (non-hydrogen) atoms. The van der Waals surface area contributed by atoms with Crippen LogP contribution >= 0.6 is 0 Å². The minimum atomic E-state index is -0.795. The van der Waals surface area contributed by atoms with E-state index >= 15 is 0 Å². The van der Waals surface area contributed by atoms with Crippen LogP contribution in [0.1, 0.15) is 290 Å². The van der Waals surface area contributed by atoms with E-state index in [2.05, 4.69) is 130 Å². The Morgan fingerprint density at radius 2 is 0.520 bits per heavy atom. The Bertz CT molecular complexity index is 1520. The van der Waals surface area contributed by atoms with Gasteiger partial charge in [0.05, 0.1) is 0 Å². The number of carbonyl (C=O) groups excluding carboxylic acids is 3. The molecule has 428 valence electrons. The lowest BCUT2D eigenvalue weighted by molar-refractivity contribution is -0.167. The lowest BCUT2D eigenvalue weighted by atomic mass is 10.1. The summed E-state index contributed by atoms with van der Waals surface area (Å²) in [6.07, 6.45) is 85.0. The van der Waals surface area contributed by atoms with Crippen LogP contribution in [0.25, 0.3) is 0 Å². The van der Waals surface area contributed by atoms with E-state index in [9.17, 15) is 14.4 Å². The van der Waals surface area contributed by atoms with Crippen LogP contribution in [0.2, 0.25) is 0 Å². The maximum Gasteiger partial charge on any atom is 0.306 e. The van der Waals surface area contributed by atoms with Gasteiger partial charge in [0.15, 0.2) is 6.10 Å². The highest BCUT2D eigenvalue weighted by atomic mass is 16.6. The molecule has 0 saturated carbocycles. The average molecular weight is 1040 g/mol. The summed E-state index contributed by atoms with van der Waals surface area (Å²) in [6.45, 7) is 6.47. The zero-order valence-electron chi connectivity index (χ0n) is 49.0. The third-order valence-electron chi connectivity index (χ3n) is 13.2. The molecule has 0 radical (unpaired) electrons. The van der Waals surface area contributed by atoms with Crippen LogP contribution < -0.4 is 0 Å². The van der Waals surface area contributed by atoms with E-state index in [0.29, 0.717) is 19.3 Å². The molecule has 0 aromatic rings.